The first-order valence-corrected chi connectivity index (χ1v) is 7.26. The molecule has 0 aromatic rings. The van der Waals surface area contributed by atoms with Gasteiger partial charge < -0.3 is 5.32 Å². The monoisotopic (exact) mass is 277 g/mol. The SMILES string of the molecule is CCCCCCCCCCNC(=O)CBr. The molecule has 1 N–H and O–H groups in total. The highest BCUT2D eigenvalue weighted by Crippen LogP contribution is 2.07. The Kier molecular flexibility index (Phi) is 12.0. The number of halogens is 1. The lowest BCUT2D eigenvalue weighted by atomic mass is 10.1. The highest BCUT2D eigenvalue weighted by molar-refractivity contribution is 9.09. The molecule has 0 aliphatic carbocycles. The van der Waals surface area contributed by atoms with Crippen LogP contribution in [-0.2, 0) is 4.79 Å². The first kappa shape index (κ1) is 14.9. The van der Waals surface area contributed by atoms with Gasteiger partial charge in [-0.15, -0.1) is 0 Å². The highest BCUT2D eigenvalue weighted by Gasteiger charge is 1.96. The zero-order valence-corrected chi connectivity index (χ0v) is 11.4. The molecule has 90 valence electrons. The summed E-state index contributed by atoms with van der Waals surface area (Å²) in [4.78, 5) is 10.9. The summed E-state index contributed by atoms with van der Waals surface area (Å²) in [7, 11) is 0. The molecule has 0 aromatic carbocycles. The van der Waals surface area contributed by atoms with Crippen molar-refractivity contribution in [3.05, 3.63) is 0 Å². The van der Waals surface area contributed by atoms with E-state index in [9.17, 15) is 4.79 Å². The Bertz CT molecular complexity index is 151. The molecule has 3 heteroatoms. The molecule has 2 nitrogen and oxygen atoms in total. The molecule has 0 aromatic heterocycles. The third-order valence-electron chi connectivity index (χ3n) is 2.47. The van der Waals surface area contributed by atoms with Gasteiger partial charge in [-0.1, -0.05) is 67.8 Å². The van der Waals surface area contributed by atoms with Crippen molar-refractivity contribution in [1.82, 2.24) is 5.32 Å². The standard InChI is InChI=1S/C12H24BrNO/c1-2-3-4-5-6-7-8-9-10-14-12(15)11-13/h2-11H2,1H3,(H,14,15). The minimum absolute atomic E-state index is 0.0953. The molecular weight excluding hydrogens is 254 g/mol. The van der Waals surface area contributed by atoms with Crippen LogP contribution in [-0.4, -0.2) is 17.8 Å². The Balaban J connectivity index is 2.95. The molecule has 0 atom stereocenters. The van der Waals surface area contributed by atoms with E-state index in [0.29, 0.717) is 5.33 Å². The van der Waals surface area contributed by atoms with Gasteiger partial charge in [-0.2, -0.15) is 0 Å². The summed E-state index contributed by atoms with van der Waals surface area (Å²) in [6.45, 7) is 3.08. The Morgan fingerprint density at radius 3 is 2.07 bits per heavy atom. The van der Waals surface area contributed by atoms with Crippen LogP contribution in [0.5, 0.6) is 0 Å². The Morgan fingerprint density at radius 1 is 1.00 bits per heavy atom. The summed E-state index contributed by atoms with van der Waals surface area (Å²) in [6, 6.07) is 0. The van der Waals surface area contributed by atoms with Crippen molar-refractivity contribution in [2.24, 2.45) is 0 Å². The maximum absolute atomic E-state index is 10.9. The molecule has 0 rings (SSSR count). The number of hydrogen-bond donors (Lipinski definition) is 1. The van der Waals surface area contributed by atoms with Crippen molar-refractivity contribution in [2.75, 3.05) is 11.9 Å². The van der Waals surface area contributed by atoms with Gasteiger partial charge in [0, 0.05) is 6.54 Å². The quantitative estimate of drug-likeness (QED) is 0.480. The first-order chi connectivity index (χ1) is 7.31. The van der Waals surface area contributed by atoms with E-state index in [4.69, 9.17) is 0 Å². The van der Waals surface area contributed by atoms with Gasteiger partial charge in [0.2, 0.25) is 5.91 Å². The molecule has 1 amide bonds. The summed E-state index contributed by atoms with van der Waals surface area (Å²) >= 11 is 3.12. The lowest BCUT2D eigenvalue weighted by Crippen LogP contribution is -2.25. The van der Waals surface area contributed by atoms with E-state index in [-0.39, 0.29) is 5.91 Å². The van der Waals surface area contributed by atoms with E-state index in [2.05, 4.69) is 28.2 Å². The average molecular weight is 278 g/mol. The van der Waals surface area contributed by atoms with E-state index in [0.717, 1.165) is 13.0 Å². The second-order valence-corrected chi connectivity index (χ2v) is 4.52. The predicted octanol–water partition coefficient (Wildman–Crippen LogP) is 3.64. The van der Waals surface area contributed by atoms with E-state index in [1.807, 2.05) is 0 Å². The van der Waals surface area contributed by atoms with Crippen molar-refractivity contribution in [2.45, 2.75) is 58.3 Å². The van der Waals surface area contributed by atoms with E-state index in [1.165, 1.54) is 44.9 Å². The topological polar surface area (TPSA) is 29.1 Å². The molecule has 0 unspecified atom stereocenters. The van der Waals surface area contributed by atoms with Crippen molar-refractivity contribution in [3.8, 4) is 0 Å². The van der Waals surface area contributed by atoms with Gasteiger partial charge in [-0.05, 0) is 6.42 Å². The van der Waals surface area contributed by atoms with Gasteiger partial charge in [-0.25, -0.2) is 0 Å². The third kappa shape index (κ3) is 11.9. The number of hydrogen-bond acceptors (Lipinski definition) is 1. The van der Waals surface area contributed by atoms with Crippen molar-refractivity contribution < 1.29 is 4.79 Å². The van der Waals surface area contributed by atoms with Gasteiger partial charge >= 0.3 is 0 Å². The molecule has 0 spiro atoms. The van der Waals surface area contributed by atoms with Crippen LogP contribution in [0, 0.1) is 0 Å². The predicted molar refractivity (Wildman–Crippen MR) is 69.4 cm³/mol. The lowest BCUT2D eigenvalue weighted by molar-refractivity contribution is -0.118. The van der Waals surface area contributed by atoms with Crippen molar-refractivity contribution >= 4 is 21.8 Å². The molecule has 15 heavy (non-hydrogen) atoms. The molecule has 0 saturated carbocycles. The Morgan fingerprint density at radius 2 is 1.53 bits per heavy atom. The maximum Gasteiger partial charge on any atom is 0.230 e. The van der Waals surface area contributed by atoms with Crippen LogP contribution >= 0.6 is 15.9 Å². The van der Waals surface area contributed by atoms with Gasteiger partial charge in [-0.3, -0.25) is 4.79 Å². The minimum atomic E-state index is 0.0953. The van der Waals surface area contributed by atoms with Crippen LogP contribution in [0.25, 0.3) is 0 Å². The second kappa shape index (κ2) is 12.0. The summed E-state index contributed by atoms with van der Waals surface area (Å²) < 4.78 is 0. The minimum Gasteiger partial charge on any atom is -0.355 e. The molecule has 0 bridgehead atoms. The van der Waals surface area contributed by atoms with Crippen LogP contribution < -0.4 is 5.32 Å². The smallest absolute Gasteiger partial charge is 0.230 e. The fourth-order valence-corrected chi connectivity index (χ4v) is 1.73. The average Bonchev–Trinajstić information content (AvgIpc) is 2.26. The van der Waals surface area contributed by atoms with Gasteiger partial charge in [0.15, 0.2) is 0 Å². The normalized spacial score (nSPS) is 10.3. The second-order valence-electron chi connectivity index (χ2n) is 3.96. The van der Waals surface area contributed by atoms with Gasteiger partial charge in [0.1, 0.15) is 0 Å². The highest BCUT2D eigenvalue weighted by atomic mass is 79.9. The number of carbonyl (C=O) groups is 1. The number of nitrogens with one attached hydrogen (secondary N) is 1. The fourth-order valence-electron chi connectivity index (χ4n) is 1.53. The van der Waals surface area contributed by atoms with Gasteiger partial charge in [0.25, 0.3) is 0 Å². The zero-order chi connectivity index (χ0) is 11.4. The van der Waals surface area contributed by atoms with E-state index in [1.54, 1.807) is 0 Å². The van der Waals surface area contributed by atoms with Crippen LogP contribution in [0.1, 0.15) is 58.3 Å². The first-order valence-electron chi connectivity index (χ1n) is 6.14. The number of carbonyl (C=O) groups excluding carboxylic acids is 1. The van der Waals surface area contributed by atoms with Crippen LogP contribution in [0.4, 0.5) is 0 Å². The number of amides is 1. The fraction of sp³-hybridized carbons (Fsp3) is 0.917. The van der Waals surface area contributed by atoms with E-state index < -0.39 is 0 Å². The summed E-state index contributed by atoms with van der Waals surface area (Å²) in [6.07, 6.45) is 10.5. The summed E-state index contributed by atoms with van der Waals surface area (Å²) in [5.41, 5.74) is 0. The summed E-state index contributed by atoms with van der Waals surface area (Å²) in [5.74, 6) is 0.0953. The maximum atomic E-state index is 10.9. The molecule has 0 aliphatic heterocycles. The van der Waals surface area contributed by atoms with Crippen LogP contribution in [0.3, 0.4) is 0 Å². The van der Waals surface area contributed by atoms with Crippen LogP contribution in [0.15, 0.2) is 0 Å². The number of rotatable bonds is 10. The third-order valence-corrected chi connectivity index (χ3v) is 2.98. The van der Waals surface area contributed by atoms with Crippen LogP contribution in [0.2, 0.25) is 0 Å². The number of unbranched alkanes of at least 4 members (excludes halogenated alkanes) is 7. The Labute approximate surface area is 102 Å². The molecule has 0 radical (unpaired) electrons. The molecule has 0 heterocycles. The molecule has 0 aliphatic rings. The van der Waals surface area contributed by atoms with E-state index >= 15 is 0 Å². The largest absolute Gasteiger partial charge is 0.355 e. The lowest BCUT2D eigenvalue weighted by Gasteiger charge is -2.03. The van der Waals surface area contributed by atoms with Crippen molar-refractivity contribution in [1.29, 1.82) is 0 Å². The molecule has 0 saturated heterocycles. The zero-order valence-electron chi connectivity index (χ0n) is 9.86. The molecular formula is C12H24BrNO. The molecule has 0 fully saturated rings. The number of alkyl halides is 1. The summed E-state index contributed by atoms with van der Waals surface area (Å²) in [5, 5.41) is 3.28. The Hall–Kier alpha value is -0.0500. The van der Waals surface area contributed by atoms with Gasteiger partial charge in [0.05, 0.1) is 5.33 Å². The van der Waals surface area contributed by atoms with Crippen molar-refractivity contribution in [3.63, 3.8) is 0 Å².